The fourth-order valence-corrected chi connectivity index (χ4v) is 3.60. The van der Waals surface area contributed by atoms with Gasteiger partial charge in [0.25, 0.3) is 0 Å². The molecule has 0 radical (unpaired) electrons. The SMILES string of the molecule is COc1cc2nc3cc(OC)c(OC)cc3c(Nc3ccc(CO)cc3)c2cc1C. The van der Waals surface area contributed by atoms with Gasteiger partial charge in [0.2, 0.25) is 0 Å². The molecule has 3 aromatic carbocycles. The number of aromatic nitrogens is 1. The second-order valence-electron chi connectivity index (χ2n) is 7.03. The Morgan fingerprint density at radius 1 is 0.800 bits per heavy atom. The minimum Gasteiger partial charge on any atom is -0.496 e. The first-order chi connectivity index (χ1) is 14.6. The van der Waals surface area contributed by atoms with Crippen molar-refractivity contribution in [2.24, 2.45) is 0 Å². The number of hydrogen-bond donors (Lipinski definition) is 2. The van der Waals surface area contributed by atoms with Gasteiger partial charge in [-0.25, -0.2) is 4.98 Å². The third kappa shape index (κ3) is 3.46. The normalized spacial score (nSPS) is 11.0. The van der Waals surface area contributed by atoms with Crippen molar-refractivity contribution in [1.29, 1.82) is 0 Å². The second kappa shape index (κ2) is 8.08. The topological polar surface area (TPSA) is 72.8 Å². The molecule has 30 heavy (non-hydrogen) atoms. The van der Waals surface area contributed by atoms with E-state index >= 15 is 0 Å². The van der Waals surface area contributed by atoms with E-state index in [1.807, 2.05) is 49.4 Å². The van der Waals surface area contributed by atoms with Crippen LogP contribution in [0.1, 0.15) is 11.1 Å². The third-order valence-corrected chi connectivity index (χ3v) is 5.20. The van der Waals surface area contributed by atoms with Crippen LogP contribution in [-0.2, 0) is 6.61 Å². The van der Waals surface area contributed by atoms with Gasteiger partial charge in [-0.15, -0.1) is 0 Å². The maximum absolute atomic E-state index is 9.32. The lowest BCUT2D eigenvalue weighted by Crippen LogP contribution is -1.99. The molecule has 1 heterocycles. The lowest BCUT2D eigenvalue weighted by molar-refractivity contribution is 0.282. The number of pyridine rings is 1. The Morgan fingerprint density at radius 2 is 1.37 bits per heavy atom. The van der Waals surface area contributed by atoms with Crippen LogP contribution >= 0.6 is 0 Å². The van der Waals surface area contributed by atoms with Crippen LogP contribution in [0.4, 0.5) is 11.4 Å². The molecule has 4 aromatic rings. The molecule has 0 saturated heterocycles. The average molecular weight is 404 g/mol. The number of benzene rings is 3. The van der Waals surface area contributed by atoms with Crippen molar-refractivity contribution in [2.45, 2.75) is 13.5 Å². The molecule has 0 amide bonds. The van der Waals surface area contributed by atoms with E-state index in [0.29, 0.717) is 11.5 Å². The number of aliphatic hydroxyl groups excluding tert-OH is 1. The number of ether oxygens (including phenoxy) is 3. The zero-order valence-corrected chi connectivity index (χ0v) is 17.4. The molecule has 0 unspecified atom stereocenters. The molecule has 0 aliphatic carbocycles. The van der Waals surface area contributed by atoms with Crippen molar-refractivity contribution in [2.75, 3.05) is 26.6 Å². The van der Waals surface area contributed by atoms with E-state index in [4.69, 9.17) is 19.2 Å². The van der Waals surface area contributed by atoms with E-state index in [-0.39, 0.29) is 6.61 Å². The maximum atomic E-state index is 9.32. The van der Waals surface area contributed by atoms with Gasteiger partial charge in [0, 0.05) is 28.6 Å². The van der Waals surface area contributed by atoms with Crippen LogP contribution in [0.25, 0.3) is 21.8 Å². The fourth-order valence-electron chi connectivity index (χ4n) is 3.60. The number of hydrogen-bond acceptors (Lipinski definition) is 6. The smallest absolute Gasteiger partial charge is 0.162 e. The van der Waals surface area contributed by atoms with Gasteiger partial charge in [0.15, 0.2) is 11.5 Å². The Labute approximate surface area is 175 Å². The van der Waals surface area contributed by atoms with Gasteiger partial charge in [-0.1, -0.05) is 12.1 Å². The lowest BCUT2D eigenvalue weighted by atomic mass is 10.0. The zero-order chi connectivity index (χ0) is 21.3. The summed E-state index contributed by atoms with van der Waals surface area (Å²) in [4.78, 5) is 4.85. The molecular weight excluding hydrogens is 380 g/mol. The number of fused-ring (bicyclic) bond motifs is 2. The first-order valence-electron chi connectivity index (χ1n) is 9.58. The van der Waals surface area contributed by atoms with Gasteiger partial charge in [-0.3, -0.25) is 0 Å². The number of rotatable bonds is 6. The predicted octanol–water partition coefficient (Wildman–Crippen LogP) is 4.96. The van der Waals surface area contributed by atoms with Gasteiger partial charge in [0.1, 0.15) is 5.75 Å². The van der Waals surface area contributed by atoms with Crippen LogP contribution in [0.5, 0.6) is 17.2 Å². The average Bonchev–Trinajstić information content (AvgIpc) is 2.78. The van der Waals surface area contributed by atoms with Crippen LogP contribution in [0.15, 0.2) is 48.5 Å². The molecule has 1 aromatic heterocycles. The van der Waals surface area contributed by atoms with Crippen molar-refractivity contribution in [3.8, 4) is 17.2 Å². The van der Waals surface area contributed by atoms with E-state index in [9.17, 15) is 5.11 Å². The Balaban J connectivity index is 2.01. The Hall–Kier alpha value is -3.51. The van der Waals surface area contributed by atoms with E-state index in [2.05, 4.69) is 11.4 Å². The van der Waals surface area contributed by atoms with Crippen LogP contribution in [0.2, 0.25) is 0 Å². The Kier molecular flexibility index (Phi) is 5.33. The number of aryl methyl sites for hydroxylation is 1. The largest absolute Gasteiger partial charge is 0.496 e. The summed E-state index contributed by atoms with van der Waals surface area (Å²) in [5, 5.41) is 14.7. The monoisotopic (exact) mass is 404 g/mol. The number of methoxy groups -OCH3 is 3. The first kappa shape index (κ1) is 19.8. The number of anilines is 2. The highest BCUT2D eigenvalue weighted by atomic mass is 16.5. The van der Waals surface area contributed by atoms with Crippen molar-refractivity contribution in [3.05, 3.63) is 59.7 Å². The summed E-state index contributed by atoms with van der Waals surface area (Å²) in [6.07, 6.45) is 0. The third-order valence-electron chi connectivity index (χ3n) is 5.20. The van der Waals surface area contributed by atoms with Crippen LogP contribution in [0, 0.1) is 6.92 Å². The van der Waals surface area contributed by atoms with E-state index in [1.54, 1.807) is 21.3 Å². The van der Waals surface area contributed by atoms with Crippen molar-refractivity contribution >= 4 is 33.2 Å². The Bertz CT molecular complexity index is 1220. The highest BCUT2D eigenvalue weighted by Gasteiger charge is 2.16. The van der Waals surface area contributed by atoms with Gasteiger partial charge in [-0.2, -0.15) is 0 Å². The summed E-state index contributed by atoms with van der Waals surface area (Å²) in [6, 6.07) is 15.5. The van der Waals surface area contributed by atoms with Gasteiger partial charge in [0.05, 0.1) is 44.7 Å². The van der Waals surface area contributed by atoms with E-state index in [0.717, 1.165) is 50.1 Å². The fraction of sp³-hybridized carbons (Fsp3) is 0.208. The predicted molar refractivity (Wildman–Crippen MR) is 119 cm³/mol. The molecule has 0 aliphatic heterocycles. The molecule has 0 atom stereocenters. The van der Waals surface area contributed by atoms with Gasteiger partial charge >= 0.3 is 0 Å². The van der Waals surface area contributed by atoms with Crippen molar-refractivity contribution < 1.29 is 19.3 Å². The Morgan fingerprint density at radius 3 is 1.97 bits per heavy atom. The molecule has 0 aliphatic rings. The highest BCUT2D eigenvalue weighted by Crippen LogP contribution is 2.40. The molecule has 2 N–H and O–H groups in total. The summed E-state index contributed by atoms with van der Waals surface area (Å²) in [5.74, 6) is 2.04. The summed E-state index contributed by atoms with van der Waals surface area (Å²) in [6.45, 7) is 2.02. The molecule has 154 valence electrons. The summed E-state index contributed by atoms with van der Waals surface area (Å²) in [7, 11) is 4.89. The highest BCUT2D eigenvalue weighted by molar-refractivity contribution is 6.10. The lowest BCUT2D eigenvalue weighted by Gasteiger charge is -2.17. The molecule has 0 spiro atoms. The number of nitrogens with zero attached hydrogens (tertiary/aromatic N) is 1. The summed E-state index contributed by atoms with van der Waals surface area (Å²) < 4.78 is 16.5. The van der Waals surface area contributed by atoms with Gasteiger partial charge in [-0.05, 0) is 42.3 Å². The van der Waals surface area contributed by atoms with Gasteiger partial charge < -0.3 is 24.6 Å². The minimum absolute atomic E-state index is 0.0113. The standard InChI is InChI=1S/C24H24N2O4/c1-14-9-17-19(11-21(14)28-2)26-20-12-23(30-4)22(29-3)10-18(20)24(17)25-16-7-5-15(13-27)6-8-16/h5-12,27H,13H2,1-4H3,(H,25,26). The molecule has 0 bridgehead atoms. The minimum atomic E-state index is 0.0113. The maximum Gasteiger partial charge on any atom is 0.162 e. The quantitative estimate of drug-likeness (QED) is 0.443. The molecule has 4 rings (SSSR count). The van der Waals surface area contributed by atoms with Crippen LogP contribution in [0.3, 0.4) is 0 Å². The van der Waals surface area contributed by atoms with Crippen LogP contribution in [-0.4, -0.2) is 31.4 Å². The van der Waals surface area contributed by atoms with Crippen molar-refractivity contribution in [1.82, 2.24) is 4.98 Å². The first-order valence-corrected chi connectivity index (χ1v) is 9.58. The molecular formula is C24H24N2O4. The van der Waals surface area contributed by atoms with Crippen molar-refractivity contribution in [3.63, 3.8) is 0 Å². The number of aliphatic hydroxyl groups is 1. The molecule has 0 fully saturated rings. The zero-order valence-electron chi connectivity index (χ0n) is 17.4. The number of nitrogens with one attached hydrogen (secondary N) is 1. The second-order valence-corrected chi connectivity index (χ2v) is 7.03. The summed E-state index contributed by atoms with van der Waals surface area (Å²) in [5.41, 5.74) is 5.29. The van der Waals surface area contributed by atoms with E-state index < -0.39 is 0 Å². The molecule has 6 nitrogen and oxygen atoms in total. The molecule has 6 heteroatoms. The van der Waals surface area contributed by atoms with E-state index in [1.165, 1.54) is 0 Å². The molecule has 0 saturated carbocycles. The summed E-state index contributed by atoms with van der Waals surface area (Å²) >= 11 is 0. The van der Waals surface area contributed by atoms with Crippen LogP contribution < -0.4 is 19.5 Å².